The van der Waals surface area contributed by atoms with Gasteiger partial charge in [-0.05, 0) is 27.7 Å². The summed E-state index contributed by atoms with van der Waals surface area (Å²) in [6.45, 7) is 6.40. The molecule has 11 heteroatoms. The van der Waals surface area contributed by atoms with Crippen molar-refractivity contribution >= 4 is 23.5 Å². The fourth-order valence-corrected chi connectivity index (χ4v) is 2.37. The second kappa shape index (κ2) is 10.4. The first-order chi connectivity index (χ1) is 13.9. The molecule has 0 atom stereocenters. The van der Waals surface area contributed by atoms with Crippen LogP contribution in [0.1, 0.15) is 38.1 Å². The molecule has 0 radical (unpaired) electrons. The van der Waals surface area contributed by atoms with Gasteiger partial charge in [-0.15, -0.1) is 0 Å². The van der Waals surface area contributed by atoms with Gasteiger partial charge in [-0.2, -0.15) is 0 Å². The summed E-state index contributed by atoms with van der Waals surface area (Å²) in [5.41, 5.74) is -1.39. The Morgan fingerprint density at radius 1 is 1.20 bits per heavy atom. The standard InChI is InChI=1S/C19H27N3O8/c1-7-29-15-9-13(22(26)27)12(8-14(15)28-6)18(25)30-11-17(24)21(5)10-16(23)20-19(2,3)4/h8-9H,7,10-11H2,1-6H3,(H,20,23). The Labute approximate surface area is 174 Å². The van der Waals surface area contributed by atoms with Gasteiger partial charge in [-0.25, -0.2) is 4.79 Å². The number of ether oxygens (including phenoxy) is 3. The Hall–Kier alpha value is -3.37. The number of nitrogens with one attached hydrogen (secondary N) is 1. The largest absolute Gasteiger partial charge is 0.493 e. The number of amides is 2. The van der Waals surface area contributed by atoms with E-state index in [1.807, 2.05) is 0 Å². The van der Waals surface area contributed by atoms with Crippen LogP contribution in [0.4, 0.5) is 5.69 Å². The van der Waals surface area contributed by atoms with Crippen molar-refractivity contribution in [1.29, 1.82) is 0 Å². The van der Waals surface area contributed by atoms with E-state index in [-0.39, 0.29) is 36.1 Å². The van der Waals surface area contributed by atoms with Crippen molar-refractivity contribution in [2.75, 3.05) is 33.9 Å². The van der Waals surface area contributed by atoms with Crippen LogP contribution in [0.2, 0.25) is 0 Å². The fourth-order valence-electron chi connectivity index (χ4n) is 2.37. The number of nitrogens with zero attached hydrogens (tertiary/aromatic N) is 2. The number of methoxy groups -OCH3 is 1. The van der Waals surface area contributed by atoms with Crippen molar-refractivity contribution in [3.05, 3.63) is 27.8 Å². The molecule has 1 aromatic carbocycles. The Morgan fingerprint density at radius 2 is 1.83 bits per heavy atom. The van der Waals surface area contributed by atoms with E-state index in [1.165, 1.54) is 14.2 Å². The summed E-state index contributed by atoms with van der Waals surface area (Å²) in [5, 5.41) is 14.0. The molecule has 1 N–H and O–H groups in total. The van der Waals surface area contributed by atoms with Gasteiger partial charge in [-0.3, -0.25) is 19.7 Å². The molecule has 0 aliphatic rings. The number of carbonyl (C=O) groups is 3. The summed E-state index contributed by atoms with van der Waals surface area (Å²) in [6.07, 6.45) is 0. The molecule has 11 nitrogen and oxygen atoms in total. The van der Waals surface area contributed by atoms with E-state index in [9.17, 15) is 24.5 Å². The Kier molecular flexibility index (Phi) is 8.57. The van der Waals surface area contributed by atoms with Gasteiger partial charge in [0.05, 0.1) is 31.3 Å². The lowest BCUT2D eigenvalue weighted by molar-refractivity contribution is -0.385. The summed E-state index contributed by atoms with van der Waals surface area (Å²) in [7, 11) is 2.70. The predicted molar refractivity (Wildman–Crippen MR) is 107 cm³/mol. The number of likely N-dealkylation sites (N-methyl/N-ethyl adjacent to an activating group) is 1. The molecule has 0 aliphatic carbocycles. The first kappa shape index (κ1) is 24.7. The fraction of sp³-hybridized carbons (Fsp3) is 0.526. The molecule has 2 amide bonds. The molecule has 0 heterocycles. The third-order valence-corrected chi connectivity index (χ3v) is 3.65. The number of nitro groups is 1. The lowest BCUT2D eigenvalue weighted by Gasteiger charge is -2.23. The molecular formula is C19H27N3O8. The van der Waals surface area contributed by atoms with Crippen LogP contribution in [0.25, 0.3) is 0 Å². The SMILES string of the molecule is CCOc1cc([N+](=O)[O-])c(C(=O)OCC(=O)N(C)CC(=O)NC(C)(C)C)cc1OC. The zero-order valence-corrected chi connectivity index (χ0v) is 17.9. The highest BCUT2D eigenvalue weighted by Crippen LogP contribution is 2.35. The number of rotatable bonds is 9. The van der Waals surface area contributed by atoms with Crippen LogP contribution < -0.4 is 14.8 Å². The van der Waals surface area contributed by atoms with Crippen molar-refractivity contribution in [1.82, 2.24) is 10.2 Å². The van der Waals surface area contributed by atoms with Crippen LogP contribution in [0.3, 0.4) is 0 Å². The molecular weight excluding hydrogens is 398 g/mol. The van der Waals surface area contributed by atoms with Crippen molar-refractivity contribution in [2.24, 2.45) is 0 Å². The second-order valence-corrected chi connectivity index (χ2v) is 7.33. The Bertz CT molecular complexity index is 817. The van der Waals surface area contributed by atoms with Gasteiger partial charge >= 0.3 is 5.97 Å². The van der Waals surface area contributed by atoms with Crippen LogP contribution in [-0.4, -0.2) is 67.1 Å². The van der Waals surface area contributed by atoms with Gasteiger partial charge in [-0.1, -0.05) is 0 Å². The monoisotopic (exact) mass is 425 g/mol. The predicted octanol–water partition coefficient (Wildman–Crippen LogP) is 1.53. The van der Waals surface area contributed by atoms with E-state index >= 15 is 0 Å². The number of hydrogen-bond acceptors (Lipinski definition) is 8. The van der Waals surface area contributed by atoms with E-state index in [4.69, 9.17) is 14.2 Å². The molecule has 166 valence electrons. The first-order valence-corrected chi connectivity index (χ1v) is 9.11. The molecule has 1 rings (SSSR count). The quantitative estimate of drug-likeness (QED) is 0.357. The Morgan fingerprint density at radius 3 is 2.33 bits per heavy atom. The van der Waals surface area contributed by atoms with Crippen molar-refractivity contribution in [2.45, 2.75) is 33.2 Å². The van der Waals surface area contributed by atoms with Gasteiger partial charge in [0.2, 0.25) is 5.91 Å². The van der Waals surface area contributed by atoms with Crippen molar-refractivity contribution < 1.29 is 33.5 Å². The minimum absolute atomic E-state index is 0.101. The number of benzene rings is 1. The first-order valence-electron chi connectivity index (χ1n) is 9.11. The maximum atomic E-state index is 12.4. The minimum atomic E-state index is -1.08. The summed E-state index contributed by atoms with van der Waals surface area (Å²) < 4.78 is 15.3. The minimum Gasteiger partial charge on any atom is -0.493 e. The molecule has 0 aliphatic heterocycles. The van der Waals surface area contributed by atoms with E-state index in [2.05, 4.69) is 5.32 Å². The van der Waals surface area contributed by atoms with Crippen molar-refractivity contribution in [3.63, 3.8) is 0 Å². The maximum absolute atomic E-state index is 12.4. The normalized spacial score (nSPS) is 10.7. The molecule has 0 bridgehead atoms. The highest BCUT2D eigenvalue weighted by atomic mass is 16.6. The molecule has 30 heavy (non-hydrogen) atoms. The Balaban J connectivity index is 2.88. The zero-order chi connectivity index (χ0) is 23.1. The molecule has 0 aromatic heterocycles. The van der Waals surface area contributed by atoms with Gasteiger partial charge in [0.15, 0.2) is 18.1 Å². The van der Waals surface area contributed by atoms with Gasteiger partial charge in [0.25, 0.3) is 11.6 Å². The number of esters is 1. The number of hydrogen-bond donors (Lipinski definition) is 1. The van der Waals surface area contributed by atoms with Crippen LogP contribution in [0.15, 0.2) is 12.1 Å². The average molecular weight is 425 g/mol. The van der Waals surface area contributed by atoms with Gasteiger partial charge in [0, 0.05) is 18.7 Å². The molecule has 0 saturated carbocycles. The number of carbonyl (C=O) groups excluding carboxylic acids is 3. The van der Waals surface area contributed by atoms with E-state index < -0.39 is 34.6 Å². The highest BCUT2D eigenvalue weighted by Gasteiger charge is 2.27. The lowest BCUT2D eigenvalue weighted by Crippen LogP contribution is -2.46. The highest BCUT2D eigenvalue weighted by molar-refractivity contribution is 5.96. The maximum Gasteiger partial charge on any atom is 0.345 e. The second-order valence-electron chi connectivity index (χ2n) is 7.33. The van der Waals surface area contributed by atoms with Crippen LogP contribution in [-0.2, 0) is 14.3 Å². The lowest BCUT2D eigenvalue weighted by atomic mass is 10.1. The van der Waals surface area contributed by atoms with E-state index in [1.54, 1.807) is 27.7 Å². The average Bonchev–Trinajstić information content (AvgIpc) is 2.63. The summed E-state index contributed by atoms with van der Waals surface area (Å²) in [4.78, 5) is 48.1. The van der Waals surface area contributed by atoms with Gasteiger partial charge in [0.1, 0.15) is 5.56 Å². The molecule has 0 fully saturated rings. The van der Waals surface area contributed by atoms with Crippen LogP contribution in [0.5, 0.6) is 11.5 Å². The van der Waals surface area contributed by atoms with Crippen LogP contribution >= 0.6 is 0 Å². The summed E-state index contributed by atoms with van der Waals surface area (Å²) >= 11 is 0. The smallest absolute Gasteiger partial charge is 0.345 e. The molecule has 1 aromatic rings. The van der Waals surface area contributed by atoms with E-state index in [0.717, 1.165) is 17.0 Å². The molecule has 0 spiro atoms. The molecule has 0 saturated heterocycles. The zero-order valence-electron chi connectivity index (χ0n) is 17.9. The van der Waals surface area contributed by atoms with Gasteiger partial charge < -0.3 is 24.4 Å². The van der Waals surface area contributed by atoms with Crippen LogP contribution in [0, 0.1) is 10.1 Å². The topological polar surface area (TPSA) is 137 Å². The summed E-state index contributed by atoms with van der Waals surface area (Å²) in [6, 6.07) is 2.18. The third-order valence-electron chi connectivity index (χ3n) is 3.65. The third kappa shape index (κ3) is 7.22. The summed E-state index contributed by atoms with van der Waals surface area (Å²) in [5.74, 6) is -1.89. The number of nitro benzene ring substituents is 1. The van der Waals surface area contributed by atoms with E-state index in [0.29, 0.717) is 0 Å². The molecule has 0 unspecified atom stereocenters. The van der Waals surface area contributed by atoms with Crippen molar-refractivity contribution in [3.8, 4) is 11.5 Å².